The number of quaternary nitrogens is 1. The molecule has 5 aromatic carbocycles. The quantitative estimate of drug-likeness (QED) is 0.00731. The summed E-state index contributed by atoms with van der Waals surface area (Å²) in [6, 6.07) is 38.6. The lowest BCUT2D eigenvalue weighted by molar-refractivity contribution is -0.401. The van der Waals surface area contributed by atoms with E-state index in [9.17, 15) is 66.3 Å². The first kappa shape index (κ1) is 138. The van der Waals surface area contributed by atoms with Gasteiger partial charge in [0.15, 0.2) is 18.5 Å². The Morgan fingerprint density at radius 3 is 1.31 bits per heavy atom. The number of fused-ring (bicyclic) bond motifs is 2. The number of unbranched alkanes of at least 4 members (excludes halogenated alkanes) is 13. The number of nitrogens with zero attached hydrogens (tertiary/aromatic N) is 8. The highest BCUT2D eigenvalue weighted by Gasteiger charge is 2.47. The van der Waals surface area contributed by atoms with E-state index in [0.717, 1.165) is 18.8 Å². The molecule has 20 atom stereocenters. The van der Waals surface area contributed by atoms with Gasteiger partial charge >= 0.3 is 44.3 Å². The van der Waals surface area contributed by atoms with E-state index in [1.54, 1.807) is 134 Å². The number of anilines is 2. The number of para-hydroxylation sites is 4. The summed E-state index contributed by atoms with van der Waals surface area (Å²) in [5, 5.41) is 67.6. The number of nitrogen functional groups attached to an aromatic ring is 2. The first-order valence-electron chi connectivity index (χ1n) is 46.9. The van der Waals surface area contributed by atoms with Gasteiger partial charge in [-0.3, -0.25) is 23.5 Å². The summed E-state index contributed by atoms with van der Waals surface area (Å²) < 4.78 is 148. The highest BCUT2D eigenvalue weighted by atomic mass is 35.9. The number of phenolic OH excluding ortho intramolecular Hbond substituents is 1. The van der Waals surface area contributed by atoms with Crippen molar-refractivity contribution in [2.45, 2.75) is 239 Å². The summed E-state index contributed by atoms with van der Waals surface area (Å²) in [6.07, 6.45) is 14.1. The molecule has 2 fully saturated rings. The van der Waals surface area contributed by atoms with E-state index in [0.29, 0.717) is 33.7 Å². The Morgan fingerprint density at radius 2 is 0.966 bits per heavy atom. The van der Waals surface area contributed by atoms with Crippen LogP contribution in [0.1, 0.15) is 184 Å². The molecule has 2 saturated heterocycles. The topological polar surface area (TPSA) is 673 Å². The third-order valence-electron chi connectivity index (χ3n) is 20.1. The molecule has 11 rings (SSSR count). The molecule has 6 heterocycles. The monoisotopic (exact) mass is 2330 g/mol. The number of ether oxygens (including phenoxy) is 3. The number of benzene rings is 5. The van der Waals surface area contributed by atoms with Crippen LogP contribution in [0.2, 0.25) is 0 Å². The first-order chi connectivity index (χ1) is 69.5. The molecule has 4 aromatic heterocycles. The maximum Gasteiger partial charge on any atom is 0.428 e. The number of aryl methyl sites for hydroxylation is 1. The molecule has 0 radical (unpaired) electrons. The predicted octanol–water partition coefficient (Wildman–Crippen LogP) is 17.6. The number of carboxylic acid groups (broad SMARTS) is 1. The predicted molar refractivity (Wildman–Crippen MR) is 599 cm³/mol. The maximum atomic E-state index is 13.7. The number of halogens is 3. The van der Waals surface area contributed by atoms with Crippen LogP contribution in [0.5, 0.6) is 23.0 Å². The fraction of sp³-hybridized carbons (Fsp3) is 0.484. The Kier molecular flexibility index (Phi) is 73.6. The van der Waals surface area contributed by atoms with Crippen LogP contribution in [0.25, 0.3) is 31.8 Å². The summed E-state index contributed by atoms with van der Waals surface area (Å²) in [5.41, 5.74) is 22.2. The molecule has 148 heavy (non-hydrogen) atoms. The van der Waals surface area contributed by atoms with Gasteiger partial charge in [0, 0.05) is 48.1 Å². The number of aliphatic hydroxyl groups excluding tert-OH is 5. The minimum Gasteiger partial charge on any atom is -0.744 e. The third kappa shape index (κ3) is 58.0. The van der Waals surface area contributed by atoms with Gasteiger partial charge in [-0.25, -0.2) is 52.0 Å². The van der Waals surface area contributed by atoms with Crippen LogP contribution in [-0.4, -0.2) is 205 Å². The van der Waals surface area contributed by atoms with Gasteiger partial charge in [-0.15, -0.1) is 0 Å². The van der Waals surface area contributed by atoms with E-state index >= 15 is 0 Å². The summed E-state index contributed by atoms with van der Waals surface area (Å²) in [5.74, 6) is -2.72. The normalized spacial score (nSPS) is 17.8. The van der Waals surface area contributed by atoms with Crippen molar-refractivity contribution in [3.05, 3.63) is 199 Å². The van der Waals surface area contributed by atoms with Crippen LogP contribution in [0.4, 0.5) is 23.0 Å². The van der Waals surface area contributed by atoms with Crippen LogP contribution in [0.3, 0.4) is 0 Å². The second-order valence-electron chi connectivity index (χ2n) is 33.3. The molecular formula is C93H151Cl3N13O29P9S. The molecule has 10 unspecified atom stereocenters. The summed E-state index contributed by atoms with van der Waals surface area (Å²) in [6.45, 7) is 29.3. The summed E-state index contributed by atoms with van der Waals surface area (Å²) in [4.78, 5) is 73.1. The number of hydrogen-bond donors (Lipinski definition) is 13. The Morgan fingerprint density at radius 1 is 0.601 bits per heavy atom. The molecule has 22 N–H and O–H groups in total. The number of aliphatic carboxylic acids is 1. The van der Waals surface area contributed by atoms with Crippen molar-refractivity contribution in [2.24, 2.45) is 23.0 Å². The van der Waals surface area contributed by atoms with Crippen LogP contribution in [-0.2, 0) is 75.3 Å². The molecule has 2 aliphatic rings. The summed E-state index contributed by atoms with van der Waals surface area (Å²) >= 11 is 16.1. The van der Waals surface area contributed by atoms with E-state index in [1.807, 2.05) is 13.0 Å². The molecule has 2 aliphatic heterocycles. The lowest BCUT2D eigenvalue weighted by Gasteiger charge is -2.23. The van der Waals surface area contributed by atoms with Crippen molar-refractivity contribution in [2.75, 3.05) is 50.2 Å². The van der Waals surface area contributed by atoms with Gasteiger partial charge in [0.2, 0.25) is 11.4 Å². The Labute approximate surface area is 902 Å². The fourth-order valence-electron chi connectivity index (χ4n) is 12.6. The van der Waals surface area contributed by atoms with Crippen molar-refractivity contribution in [1.82, 2.24) is 35.2 Å². The van der Waals surface area contributed by atoms with Crippen molar-refractivity contribution >= 4 is 191 Å². The van der Waals surface area contributed by atoms with Crippen LogP contribution >= 0.6 is 112 Å². The smallest absolute Gasteiger partial charge is 0.428 e. The van der Waals surface area contributed by atoms with Gasteiger partial charge < -0.3 is 130 Å². The lowest BCUT2D eigenvalue weighted by Crippen LogP contribution is -2.63. The number of carbonyl (C=O) groups is 4. The van der Waals surface area contributed by atoms with Crippen LogP contribution in [0.15, 0.2) is 176 Å². The van der Waals surface area contributed by atoms with Gasteiger partial charge in [-0.2, -0.15) is 19.8 Å². The zero-order valence-electron chi connectivity index (χ0n) is 87.4. The van der Waals surface area contributed by atoms with Crippen molar-refractivity contribution < 1.29 is 144 Å². The van der Waals surface area contributed by atoms with Crippen molar-refractivity contribution in [3.63, 3.8) is 0 Å². The second-order valence-corrected chi connectivity index (χ2v) is 44.8. The van der Waals surface area contributed by atoms with Crippen LogP contribution < -0.4 is 42.7 Å². The van der Waals surface area contributed by atoms with Gasteiger partial charge in [0.1, 0.15) is 111 Å². The SMILES string of the molecule is C.CCCCCCCCCCCCCCCCOCCCC(C)(C)C.C[C@H](N)C(=O)O.Cc1ccc(S(=O)(=O)[O-])cc1.N.O.O=P(Cl)(Cl)Oc1ccccc1.Oc1ccccc1.P.P.[2H]PO.[2H]POC(=O)[C@@H](C)CP(=O)(Cl)Oc1ccccc1.[2H]POC(=O)[C@@H](C)CP(=O)(OCC1O[C@@H](n2cc([N+]#[C-])c3c(N)ncnc32)[C@H](O)[C@@H]1O)Oc1ccccc1.[2H]POC(=O)[C@H](C)[NH3+].[C-]#[N+]c1cn([C@@H]2OC(CO)[C@@H](O)[C@H]2O)c2ncnc(N)c12. The molecule has 834 valence electrons. The van der Waals surface area contributed by atoms with E-state index in [2.05, 4.69) is 76.6 Å². The van der Waals surface area contributed by atoms with Gasteiger partial charge in [0.05, 0.1) is 99.5 Å². The second kappa shape index (κ2) is 78.6. The van der Waals surface area contributed by atoms with E-state index in [4.69, 9.17) is 122 Å². The highest BCUT2D eigenvalue weighted by molar-refractivity contribution is 8.05. The van der Waals surface area contributed by atoms with Gasteiger partial charge in [0.25, 0.3) is 0 Å². The molecular weight excluding hydrogens is 2180 g/mol. The zero-order chi connectivity index (χ0) is 110. The molecule has 55 heteroatoms. The number of hydrogen-bond acceptors (Lipinski definition) is 35. The molecule has 9 aromatic rings. The van der Waals surface area contributed by atoms with Crippen molar-refractivity contribution in [3.8, 4) is 23.0 Å². The average Bonchev–Trinajstić information content (AvgIpc) is 1.60. The number of carbonyl (C=O) groups excluding carboxylic acids is 3. The Balaban J connectivity index is -0.000000851. The zero-order valence-corrected chi connectivity index (χ0v) is 96.0. The molecule has 0 bridgehead atoms. The fourth-order valence-corrected chi connectivity index (χ4v) is 18.6. The standard InChI is InChI=1S/C23H48O.C22H25N5O8P2.C12H13N5O4.C10H13ClO4P2.C7H8O3S.C6H5Cl2O2P.C6H6O.C3H8NO2P.C3H7NO2.CH4.H3N.H3OP.H2O.2H3P/c1-5-6-7-8-9-10-11-12-13-14-15-16-17-18-21-24-22-19-20-23(2,3)4;1-12(22(30)34-36)10-37(31,35-13-6-4-3-5-7-13)32-9-15-17(28)18(29)21(33-15)27-8-14(24-2)16-19(23)25-11-26-20(16)27;1-14-5-2-17(11-7(5)10(13)15-4-16-11)12-9(20)8(19)6(3-18)21-12;1-8(10(12)14-16)7-17(11,13)15-9-5-3-2-4-6-9;1-6-2-4-7(5-3-6)11(8,9)10;7-11(8,9)10-6-4-2-1-3-5-6;7-6-4-2-1-3-5-6;1-2(4)3(5)6-7;1-2(4)3(5)6;;;1-2;;;/h5-22H2,1-4H3;3-8,11-12,15,17-18,21,28-29H,9-10,36H2,1H3,(H2,23,25,26);2,4,6,8-9,12,18-20H,3H2,(H2,13,15,16);2-6,8H,7,16H2,1H3;2-5H,1H3,(H,8,9,10);1-5H;1-5,7H;2H,4,7H2,1H3;2H,4H2,1H3,(H,5,6);1H4;1H3;1H,2H2;1H2;2*1H3/t;12-,15?,17+,18+,21+,37?;6?,8-,9-,12-;8-,17?;;;;2*2-;;;;;;/m.010...00....../s1/i;36D;;16D;;;;7D;;;;2D;;;/t;12-,15?,17+,18+,21+,36?,37?;;8-,16?,17?;;;;2-,7?;m;;;;;;. The summed E-state index contributed by atoms with van der Waals surface area (Å²) in [7, 11) is -11.0. The number of aromatic hydroxyl groups is 1. The number of phenols is 1. The van der Waals surface area contributed by atoms with Gasteiger partial charge in [-0.05, 0) is 127 Å². The molecule has 42 nitrogen and oxygen atoms in total. The molecule has 0 amide bonds. The van der Waals surface area contributed by atoms with Crippen molar-refractivity contribution in [1.29, 1.82) is 5.11 Å². The lowest BCUT2D eigenvalue weighted by atomic mass is 9.91. The average molecular weight is 2340 g/mol. The third-order valence-corrected chi connectivity index (χ3v) is 26.5. The Bertz CT molecular complexity index is 5660. The number of nitrogens with two attached hydrogens (primary N) is 3. The number of aliphatic hydroxyl groups is 5. The molecule has 0 spiro atoms. The highest BCUT2D eigenvalue weighted by Crippen LogP contribution is 2.57. The van der Waals surface area contributed by atoms with Gasteiger partial charge in [-0.1, -0.05) is 223 Å². The Hall–Kier alpha value is -7.51. The van der Waals surface area contributed by atoms with Crippen LogP contribution in [0, 0.1) is 37.3 Å². The number of rotatable bonds is 42. The van der Waals surface area contributed by atoms with E-state index < -0.39 is 172 Å². The molecule has 0 aliphatic carbocycles. The largest absolute Gasteiger partial charge is 0.744 e. The first-order valence-corrected chi connectivity index (χ1v) is 55.9. The van der Waals surface area contributed by atoms with E-state index in [1.165, 1.54) is 170 Å². The maximum absolute atomic E-state index is 13.7. The number of aromatic nitrogens is 6. The van der Waals surface area contributed by atoms with E-state index in [-0.39, 0.29) is 102 Å². The minimum atomic E-state index is -4.27. The molecule has 0 saturated carbocycles. The number of carboxylic acids is 1. The minimum absolute atomic E-state index is 0.